The van der Waals surface area contributed by atoms with E-state index in [0.29, 0.717) is 11.3 Å². The molecular formula is C17H11F3N2O3S. The number of halogens is 3. The van der Waals surface area contributed by atoms with Gasteiger partial charge in [-0.2, -0.15) is 21.6 Å². The lowest BCUT2D eigenvalue weighted by molar-refractivity contribution is -0.0501. The molecule has 0 unspecified atom stereocenters. The maximum atomic E-state index is 12.3. The van der Waals surface area contributed by atoms with Gasteiger partial charge < -0.3 is 4.18 Å². The van der Waals surface area contributed by atoms with Crippen LogP contribution in [-0.4, -0.2) is 23.9 Å². The van der Waals surface area contributed by atoms with E-state index in [0.717, 1.165) is 23.5 Å². The maximum Gasteiger partial charge on any atom is 0.534 e. The van der Waals surface area contributed by atoms with Crippen LogP contribution in [0.2, 0.25) is 0 Å². The average Bonchev–Trinajstić information content (AvgIpc) is 2.62. The molecule has 26 heavy (non-hydrogen) atoms. The summed E-state index contributed by atoms with van der Waals surface area (Å²) < 4.78 is 62.8. The van der Waals surface area contributed by atoms with E-state index in [-0.39, 0.29) is 0 Å². The summed E-state index contributed by atoms with van der Waals surface area (Å²) in [4.78, 5) is 7.52. The first-order chi connectivity index (χ1) is 12.3. The summed E-state index contributed by atoms with van der Waals surface area (Å²) in [5, 5.41) is 0. The highest BCUT2D eigenvalue weighted by molar-refractivity contribution is 7.87. The van der Waals surface area contributed by atoms with E-state index in [4.69, 9.17) is 0 Å². The van der Waals surface area contributed by atoms with Gasteiger partial charge in [-0.3, -0.25) is 0 Å². The van der Waals surface area contributed by atoms with Gasteiger partial charge in [-0.15, -0.1) is 0 Å². The molecule has 0 aliphatic carbocycles. The van der Waals surface area contributed by atoms with Gasteiger partial charge in [0.15, 0.2) is 0 Å². The third-order valence-electron chi connectivity index (χ3n) is 3.37. The lowest BCUT2D eigenvalue weighted by Gasteiger charge is -2.09. The first kappa shape index (κ1) is 17.9. The van der Waals surface area contributed by atoms with Crippen LogP contribution < -0.4 is 4.18 Å². The smallest absolute Gasteiger partial charge is 0.354 e. The summed E-state index contributed by atoms with van der Waals surface area (Å²) in [7, 11) is -5.77. The highest BCUT2D eigenvalue weighted by atomic mass is 32.2. The van der Waals surface area contributed by atoms with Crippen LogP contribution >= 0.6 is 0 Å². The summed E-state index contributed by atoms with van der Waals surface area (Å²) in [5.41, 5.74) is -2.59. The normalized spacial score (nSPS) is 12.0. The number of alkyl halides is 3. The monoisotopic (exact) mass is 380 g/mol. The second-order valence-corrected chi connectivity index (χ2v) is 6.71. The van der Waals surface area contributed by atoms with Crippen molar-refractivity contribution in [1.82, 2.24) is 9.97 Å². The van der Waals surface area contributed by atoms with Crippen LogP contribution in [0.5, 0.6) is 5.88 Å². The number of hydrogen-bond donors (Lipinski definition) is 0. The van der Waals surface area contributed by atoms with Crippen molar-refractivity contribution in [3.63, 3.8) is 0 Å². The van der Waals surface area contributed by atoms with E-state index in [9.17, 15) is 21.6 Å². The van der Waals surface area contributed by atoms with Crippen LogP contribution in [0.4, 0.5) is 13.2 Å². The lowest BCUT2D eigenvalue weighted by Crippen LogP contribution is -2.28. The second kappa shape index (κ2) is 6.75. The first-order valence-electron chi connectivity index (χ1n) is 7.25. The molecule has 1 aromatic heterocycles. The molecule has 0 bridgehead atoms. The van der Waals surface area contributed by atoms with Gasteiger partial charge in [0.05, 0.1) is 18.1 Å². The van der Waals surface area contributed by atoms with Crippen LogP contribution in [0, 0.1) is 0 Å². The fraction of sp³-hybridized carbons (Fsp3) is 0.0588. The van der Waals surface area contributed by atoms with Gasteiger partial charge in [0, 0.05) is 5.56 Å². The topological polar surface area (TPSA) is 69.2 Å². The molecule has 0 aliphatic rings. The summed E-state index contributed by atoms with van der Waals surface area (Å²) in [5.74, 6) is -0.759. The molecule has 9 heteroatoms. The highest BCUT2D eigenvalue weighted by Gasteiger charge is 2.48. The Bertz CT molecular complexity index is 1010. The van der Waals surface area contributed by atoms with E-state index in [2.05, 4.69) is 14.2 Å². The van der Waals surface area contributed by atoms with Crippen LogP contribution in [0.25, 0.3) is 22.4 Å². The Morgan fingerprint density at radius 2 is 1.46 bits per heavy atom. The molecule has 5 nitrogen and oxygen atoms in total. The standard InChI is InChI=1S/C17H11F3N2O3S/c18-17(19,20)26(23,24)25-16-11-21-15(10-22-16)14-8-4-7-13(9-14)12-5-2-1-3-6-12/h1-11H. The van der Waals surface area contributed by atoms with Crippen LogP contribution in [0.1, 0.15) is 0 Å². The molecule has 2 aromatic carbocycles. The van der Waals surface area contributed by atoms with Crippen molar-refractivity contribution < 1.29 is 25.8 Å². The van der Waals surface area contributed by atoms with Crippen molar-refractivity contribution in [3.05, 3.63) is 67.0 Å². The number of hydrogen-bond acceptors (Lipinski definition) is 5. The average molecular weight is 380 g/mol. The van der Waals surface area contributed by atoms with Gasteiger partial charge in [0.25, 0.3) is 5.88 Å². The van der Waals surface area contributed by atoms with Crippen LogP contribution in [0.15, 0.2) is 67.0 Å². The molecule has 0 aliphatic heterocycles. The fourth-order valence-corrected chi connectivity index (χ4v) is 2.56. The Morgan fingerprint density at radius 3 is 2.08 bits per heavy atom. The Balaban J connectivity index is 1.86. The number of nitrogens with zero attached hydrogens (tertiary/aromatic N) is 2. The van der Waals surface area contributed by atoms with Gasteiger partial charge in [0.1, 0.15) is 0 Å². The summed E-state index contributed by atoms with van der Waals surface area (Å²) >= 11 is 0. The molecule has 0 spiro atoms. The van der Waals surface area contributed by atoms with Crippen molar-refractivity contribution in [1.29, 1.82) is 0 Å². The van der Waals surface area contributed by atoms with E-state index >= 15 is 0 Å². The fourth-order valence-electron chi connectivity index (χ4n) is 2.16. The highest BCUT2D eigenvalue weighted by Crippen LogP contribution is 2.27. The SMILES string of the molecule is O=S(=O)(Oc1cnc(-c2cccc(-c3ccccc3)c2)cn1)C(F)(F)F. The van der Waals surface area contributed by atoms with Crippen molar-refractivity contribution in [2.75, 3.05) is 0 Å². The summed E-state index contributed by atoms with van der Waals surface area (Å²) in [6.07, 6.45) is 1.97. The van der Waals surface area contributed by atoms with Crippen LogP contribution in [0.3, 0.4) is 0 Å². The summed E-state index contributed by atoms with van der Waals surface area (Å²) in [6, 6.07) is 16.9. The maximum absolute atomic E-state index is 12.3. The van der Waals surface area contributed by atoms with E-state index in [1.165, 1.54) is 0 Å². The Hall–Kier alpha value is -2.94. The third-order valence-corrected chi connectivity index (χ3v) is 4.33. The molecule has 1 heterocycles. The third kappa shape index (κ3) is 3.83. The van der Waals surface area contributed by atoms with Gasteiger partial charge in [-0.25, -0.2) is 9.97 Å². The zero-order valence-electron chi connectivity index (χ0n) is 13.0. The molecule has 0 N–H and O–H groups in total. The molecule has 0 radical (unpaired) electrons. The molecule has 3 rings (SSSR count). The van der Waals surface area contributed by atoms with Gasteiger partial charge in [-0.1, -0.05) is 48.5 Å². The van der Waals surface area contributed by atoms with Crippen molar-refractivity contribution in [2.45, 2.75) is 5.51 Å². The lowest BCUT2D eigenvalue weighted by atomic mass is 10.0. The predicted molar refractivity (Wildman–Crippen MR) is 88.5 cm³/mol. The zero-order valence-corrected chi connectivity index (χ0v) is 13.8. The van der Waals surface area contributed by atoms with Gasteiger partial charge >= 0.3 is 15.6 Å². The molecule has 0 saturated heterocycles. The van der Waals surface area contributed by atoms with Crippen molar-refractivity contribution >= 4 is 10.1 Å². The number of aromatic nitrogens is 2. The predicted octanol–water partition coefficient (Wildman–Crippen LogP) is 4.04. The largest absolute Gasteiger partial charge is 0.534 e. The molecule has 0 saturated carbocycles. The van der Waals surface area contributed by atoms with E-state index in [1.54, 1.807) is 12.1 Å². The Labute approximate surface area is 147 Å². The minimum Gasteiger partial charge on any atom is -0.354 e. The first-order valence-corrected chi connectivity index (χ1v) is 8.66. The van der Waals surface area contributed by atoms with Crippen LogP contribution in [-0.2, 0) is 10.1 Å². The minimum atomic E-state index is -5.77. The summed E-state index contributed by atoms with van der Waals surface area (Å²) in [6.45, 7) is 0. The molecule has 0 atom stereocenters. The Morgan fingerprint density at radius 1 is 0.808 bits per heavy atom. The molecule has 3 aromatic rings. The molecule has 134 valence electrons. The zero-order chi connectivity index (χ0) is 18.8. The number of rotatable bonds is 4. The van der Waals surface area contributed by atoms with Gasteiger partial charge in [0.2, 0.25) is 0 Å². The minimum absolute atomic E-state index is 0.361. The van der Waals surface area contributed by atoms with E-state index < -0.39 is 21.5 Å². The quantitative estimate of drug-likeness (QED) is 0.505. The van der Waals surface area contributed by atoms with Crippen molar-refractivity contribution in [3.8, 4) is 28.3 Å². The molecule has 0 fully saturated rings. The van der Waals surface area contributed by atoms with Crippen molar-refractivity contribution in [2.24, 2.45) is 0 Å². The van der Waals surface area contributed by atoms with E-state index in [1.807, 2.05) is 42.5 Å². The second-order valence-electron chi connectivity index (χ2n) is 5.17. The molecule has 0 amide bonds. The molecular weight excluding hydrogens is 369 g/mol. The Kier molecular flexibility index (Phi) is 4.64. The number of benzene rings is 2. The van der Waals surface area contributed by atoms with Gasteiger partial charge in [-0.05, 0) is 17.2 Å².